The molecule has 0 radical (unpaired) electrons. The highest BCUT2D eigenvalue weighted by atomic mass is 16.5. The third-order valence-corrected chi connectivity index (χ3v) is 5.06. The maximum absolute atomic E-state index is 12.4. The van der Waals surface area contributed by atoms with Gasteiger partial charge in [0.15, 0.2) is 6.61 Å². The molecule has 2 aromatic rings. The van der Waals surface area contributed by atoms with Crippen LogP contribution in [0.1, 0.15) is 17.5 Å². The van der Waals surface area contributed by atoms with Gasteiger partial charge in [-0.15, -0.1) is 0 Å². The Kier molecular flexibility index (Phi) is 6.16. The van der Waals surface area contributed by atoms with E-state index in [1.165, 1.54) is 12.0 Å². The Hall–Kier alpha value is -3.35. The second-order valence-electron chi connectivity index (χ2n) is 6.98. The van der Waals surface area contributed by atoms with Crippen molar-refractivity contribution in [2.45, 2.75) is 20.3 Å². The fourth-order valence-electron chi connectivity index (χ4n) is 3.28. The Bertz CT molecular complexity index is 941. The summed E-state index contributed by atoms with van der Waals surface area (Å²) in [6, 6.07) is 12.7. The molecule has 1 aliphatic heterocycles. The molecule has 0 aliphatic carbocycles. The second-order valence-corrected chi connectivity index (χ2v) is 6.98. The predicted octanol–water partition coefficient (Wildman–Crippen LogP) is 2.85. The lowest BCUT2D eigenvalue weighted by atomic mass is 10.1. The van der Waals surface area contributed by atoms with Gasteiger partial charge < -0.3 is 19.7 Å². The summed E-state index contributed by atoms with van der Waals surface area (Å²) in [5.74, 6) is -1.23. The van der Waals surface area contributed by atoms with E-state index in [4.69, 9.17) is 9.47 Å². The topological polar surface area (TPSA) is 84.9 Å². The van der Waals surface area contributed by atoms with Crippen LogP contribution in [-0.4, -0.2) is 38.0 Å². The Morgan fingerprint density at radius 2 is 1.90 bits per heavy atom. The van der Waals surface area contributed by atoms with E-state index in [0.29, 0.717) is 17.1 Å². The van der Waals surface area contributed by atoms with Gasteiger partial charge in [0.05, 0.1) is 18.7 Å². The van der Waals surface area contributed by atoms with Crippen molar-refractivity contribution < 1.29 is 23.9 Å². The first kappa shape index (κ1) is 20.4. The maximum atomic E-state index is 12.4. The molecule has 0 aromatic heterocycles. The van der Waals surface area contributed by atoms with Crippen molar-refractivity contribution >= 4 is 29.2 Å². The zero-order valence-corrected chi connectivity index (χ0v) is 16.7. The van der Waals surface area contributed by atoms with E-state index in [1.54, 1.807) is 24.3 Å². The molecule has 7 nitrogen and oxygen atoms in total. The molecule has 1 aliphatic rings. The fraction of sp³-hybridized carbons (Fsp3) is 0.318. The van der Waals surface area contributed by atoms with Gasteiger partial charge in [0.1, 0.15) is 5.75 Å². The number of nitrogens with zero attached hydrogens (tertiary/aromatic N) is 1. The monoisotopic (exact) mass is 396 g/mol. The Balaban J connectivity index is 1.57. The standard InChI is InChI=1S/C22H24N2O5/c1-14-7-6-8-17(15(14)2)23-20(25)13-29-22(27)16-11-21(26)24(12-16)18-9-4-5-10-19(18)28-3/h4-10,16H,11-13H2,1-3H3,(H,23,25)/t16-/m1/s1. The van der Waals surface area contributed by atoms with Crippen LogP contribution in [0.3, 0.4) is 0 Å². The molecule has 0 spiro atoms. The number of carbonyl (C=O) groups is 3. The molecule has 3 rings (SSSR count). The Morgan fingerprint density at radius 3 is 2.66 bits per heavy atom. The van der Waals surface area contributed by atoms with Crippen molar-refractivity contribution in [3.8, 4) is 5.75 Å². The van der Waals surface area contributed by atoms with Gasteiger partial charge in [0.2, 0.25) is 5.91 Å². The van der Waals surface area contributed by atoms with Crippen molar-refractivity contribution in [2.24, 2.45) is 5.92 Å². The molecule has 1 atom stereocenters. The average molecular weight is 396 g/mol. The number of esters is 1. The van der Waals surface area contributed by atoms with Crippen molar-refractivity contribution in [1.82, 2.24) is 0 Å². The molecule has 29 heavy (non-hydrogen) atoms. The molecule has 2 aromatic carbocycles. The molecule has 2 amide bonds. The highest BCUT2D eigenvalue weighted by Gasteiger charge is 2.37. The van der Waals surface area contributed by atoms with Crippen LogP contribution < -0.4 is 15.0 Å². The zero-order chi connectivity index (χ0) is 21.0. The fourth-order valence-corrected chi connectivity index (χ4v) is 3.28. The minimum absolute atomic E-state index is 0.0372. The molecule has 1 N–H and O–H groups in total. The van der Waals surface area contributed by atoms with Crippen LogP contribution in [-0.2, 0) is 19.1 Å². The predicted molar refractivity (Wildman–Crippen MR) is 109 cm³/mol. The molecule has 1 fully saturated rings. The molecule has 1 heterocycles. The molecule has 152 valence electrons. The SMILES string of the molecule is COc1ccccc1N1C[C@H](C(=O)OCC(=O)Nc2cccc(C)c2C)CC1=O. The van der Waals surface area contributed by atoms with Gasteiger partial charge in [0, 0.05) is 18.7 Å². The van der Waals surface area contributed by atoms with Crippen molar-refractivity contribution in [1.29, 1.82) is 0 Å². The summed E-state index contributed by atoms with van der Waals surface area (Å²) in [6.45, 7) is 3.66. The summed E-state index contributed by atoms with van der Waals surface area (Å²) in [6.07, 6.45) is 0.0372. The van der Waals surface area contributed by atoms with Crippen molar-refractivity contribution in [2.75, 3.05) is 30.5 Å². The Labute approximate surface area is 169 Å². The van der Waals surface area contributed by atoms with E-state index in [-0.39, 0.29) is 18.9 Å². The van der Waals surface area contributed by atoms with E-state index >= 15 is 0 Å². The number of rotatable bonds is 6. The number of para-hydroxylation sites is 2. The van der Waals surface area contributed by atoms with Crippen molar-refractivity contribution in [3.05, 3.63) is 53.6 Å². The minimum Gasteiger partial charge on any atom is -0.495 e. The van der Waals surface area contributed by atoms with Gasteiger partial charge in [-0.25, -0.2) is 0 Å². The van der Waals surface area contributed by atoms with Gasteiger partial charge in [-0.3, -0.25) is 14.4 Å². The smallest absolute Gasteiger partial charge is 0.311 e. The van der Waals surface area contributed by atoms with E-state index in [2.05, 4.69) is 5.32 Å². The number of benzene rings is 2. The number of hydrogen-bond donors (Lipinski definition) is 1. The van der Waals surface area contributed by atoms with E-state index in [0.717, 1.165) is 11.1 Å². The van der Waals surface area contributed by atoms with E-state index in [1.807, 2.05) is 32.0 Å². The average Bonchev–Trinajstić information content (AvgIpc) is 3.11. The maximum Gasteiger partial charge on any atom is 0.311 e. The van der Waals surface area contributed by atoms with Crippen LogP contribution in [0.4, 0.5) is 11.4 Å². The van der Waals surface area contributed by atoms with Gasteiger partial charge in [-0.2, -0.15) is 0 Å². The third kappa shape index (κ3) is 4.56. The number of anilines is 2. The van der Waals surface area contributed by atoms with Gasteiger partial charge in [-0.1, -0.05) is 24.3 Å². The highest BCUT2D eigenvalue weighted by molar-refractivity contribution is 6.01. The molecule has 0 bridgehead atoms. The van der Waals surface area contributed by atoms with Crippen LogP contribution in [0.15, 0.2) is 42.5 Å². The number of ether oxygens (including phenoxy) is 2. The number of carbonyl (C=O) groups excluding carboxylic acids is 3. The van der Waals surface area contributed by atoms with Crippen LogP contribution in [0.25, 0.3) is 0 Å². The van der Waals surface area contributed by atoms with Crippen LogP contribution in [0, 0.1) is 19.8 Å². The van der Waals surface area contributed by atoms with Crippen LogP contribution >= 0.6 is 0 Å². The van der Waals surface area contributed by atoms with E-state index < -0.39 is 24.4 Å². The molecular formula is C22H24N2O5. The molecule has 0 saturated carbocycles. The summed E-state index contributed by atoms with van der Waals surface area (Å²) < 4.78 is 10.5. The highest BCUT2D eigenvalue weighted by Crippen LogP contribution is 2.33. The first-order valence-corrected chi connectivity index (χ1v) is 9.36. The number of methoxy groups -OCH3 is 1. The summed E-state index contributed by atoms with van der Waals surface area (Å²) in [5, 5.41) is 2.75. The first-order valence-electron chi connectivity index (χ1n) is 9.36. The lowest BCUT2D eigenvalue weighted by Crippen LogP contribution is -2.28. The minimum atomic E-state index is -0.624. The summed E-state index contributed by atoms with van der Waals surface area (Å²) in [4.78, 5) is 38.4. The lowest BCUT2D eigenvalue weighted by molar-refractivity contribution is -0.151. The normalized spacial score (nSPS) is 15.9. The van der Waals surface area contributed by atoms with Crippen molar-refractivity contribution in [3.63, 3.8) is 0 Å². The van der Waals surface area contributed by atoms with Crippen LogP contribution in [0.2, 0.25) is 0 Å². The molecule has 7 heteroatoms. The molecular weight excluding hydrogens is 372 g/mol. The third-order valence-electron chi connectivity index (χ3n) is 5.06. The van der Waals surface area contributed by atoms with Crippen LogP contribution in [0.5, 0.6) is 5.75 Å². The van der Waals surface area contributed by atoms with Gasteiger partial charge >= 0.3 is 5.97 Å². The quantitative estimate of drug-likeness (QED) is 0.759. The first-order chi connectivity index (χ1) is 13.9. The number of hydrogen-bond acceptors (Lipinski definition) is 5. The summed E-state index contributed by atoms with van der Waals surface area (Å²) >= 11 is 0. The van der Waals surface area contributed by atoms with Gasteiger partial charge in [-0.05, 0) is 43.2 Å². The second kappa shape index (κ2) is 8.77. The zero-order valence-electron chi connectivity index (χ0n) is 16.7. The number of amides is 2. The lowest BCUT2D eigenvalue weighted by Gasteiger charge is -2.19. The molecule has 0 unspecified atom stereocenters. The van der Waals surface area contributed by atoms with Gasteiger partial charge in [0.25, 0.3) is 5.91 Å². The number of aryl methyl sites for hydroxylation is 1. The molecule has 1 saturated heterocycles. The largest absolute Gasteiger partial charge is 0.495 e. The summed E-state index contributed by atoms with van der Waals surface area (Å²) in [7, 11) is 1.53. The van der Waals surface area contributed by atoms with E-state index in [9.17, 15) is 14.4 Å². The number of nitrogens with one attached hydrogen (secondary N) is 1. The Morgan fingerprint density at radius 1 is 1.14 bits per heavy atom. The summed E-state index contributed by atoms with van der Waals surface area (Å²) in [5.41, 5.74) is 3.31.